The van der Waals surface area contributed by atoms with Gasteiger partial charge in [-0.3, -0.25) is 4.79 Å². The van der Waals surface area contributed by atoms with Crippen LogP contribution in [0.25, 0.3) is 0 Å². The second kappa shape index (κ2) is 7.13. The number of hydrogen-bond acceptors (Lipinski definition) is 5. The summed E-state index contributed by atoms with van der Waals surface area (Å²) >= 11 is 9.30. The van der Waals surface area contributed by atoms with Crippen molar-refractivity contribution < 1.29 is 19.4 Å². The smallest absolute Gasteiger partial charge is 0.337 e. The van der Waals surface area contributed by atoms with Crippen LogP contribution in [0.3, 0.4) is 0 Å². The minimum atomic E-state index is -0.588. The van der Waals surface area contributed by atoms with Gasteiger partial charge in [-0.2, -0.15) is 0 Å². The van der Waals surface area contributed by atoms with E-state index >= 15 is 0 Å². The van der Waals surface area contributed by atoms with E-state index in [1.165, 1.54) is 12.0 Å². The van der Waals surface area contributed by atoms with E-state index in [2.05, 4.69) is 21.2 Å². The molecule has 22 heavy (non-hydrogen) atoms. The van der Waals surface area contributed by atoms with Crippen molar-refractivity contribution in [3.63, 3.8) is 0 Å². The Morgan fingerprint density at radius 3 is 2.91 bits per heavy atom. The number of methoxy groups -OCH3 is 1. The third-order valence-electron chi connectivity index (χ3n) is 3.14. The molecular weight excluding hydrogens is 376 g/mol. The number of aliphatic hydroxyl groups excluding tert-OH is 1. The number of amides is 1. The molecule has 1 amide bonds. The molecule has 2 N–H and O–H groups in total. The van der Waals surface area contributed by atoms with Crippen molar-refractivity contribution in [3.05, 3.63) is 39.0 Å². The lowest BCUT2D eigenvalue weighted by Gasteiger charge is -2.15. The number of carbonyl (C=O) groups excluding carboxylic acids is 2. The summed E-state index contributed by atoms with van der Waals surface area (Å²) in [5, 5.41) is 12.4. The quantitative estimate of drug-likeness (QED) is 0.751. The third kappa shape index (κ3) is 3.43. The number of nitrogens with zero attached hydrogens (tertiary/aromatic N) is 1. The van der Waals surface area contributed by atoms with Gasteiger partial charge in [-0.15, -0.1) is 0 Å². The highest BCUT2D eigenvalue weighted by Gasteiger charge is 2.34. The summed E-state index contributed by atoms with van der Waals surface area (Å²) in [7, 11) is 1.25. The average Bonchev–Trinajstić information content (AvgIpc) is 2.80. The first-order chi connectivity index (χ1) is 10.5. The number of carbonyl (C=O) groups is 2. The normalized spacial score (nSPS) is 14.5. The van der Waals surface area contributed by atoms with Crippen molar-refractivity contribution >= 4 is 45.1 Å². The van der Waals surface area contributed by atoms with Crippen molar-refractivity contribution in [2.24, 2.45) is 0 Å². The molecule has 0 aromatic heterocycles. The molecule has 0 unspecified atom stereocenters. The van der Waals surface area contributed by atoms with E-state index in [1.54, 1.807) is 18.2 Å². The van der Waals surface area contributed by atoms with E-state index < -0.39 is 5.97 Å². The van der Waals surface area contributed by atoms with Crippen molar-refractivity contribution in [2.45, 2.75) is 0 Å². The zero-order valence-electron chi connectivity index (χ0n) is 11.7. The van der Waals surface area contributed by atoms with Crippen LogP contribution in [0.15, 0.2) is 33.9 Å². The van der Waals surface area contributed by atoms with Crippen molar-refractivity contribution in [2.75, 3.05) is 32.1 Å². The summed E-state index contributed by atoms with van der Waals surface area (Å²) < 4.78 is 5.41. The summed E-state index contributed by atoms with van der Waals surface area (Å²) in [6.45, 7) is 0.0438. The van der Waals surface area contributed by atoms with Crippen LogP contribution in [0.2, 0.25) is 5.02 Å². The molecule has 1 aliphatic rings. The first kappa shape index (κ1) is 16.8. The molecule has 0 aliphatic carbocycles. The van der Waals surface area contributed by atoms with Gasteiger partial charge in [-0.05, 0) is 34.1 Å². The molecule has 1 aromatic carbocycles. The largest absolute Gasteiger partial charge is 0.466 e. The highest BCUT2D eigenvalue weighted by Crippen LogP contribution is 2.29. The van der Waals surface area contributed by atoms with Gasteiger partial charge in [0, 0.05) is 16.0 Å². The Hall–Kier alpha value is -1.57. The van der Waals surface area contributed by atoms with Gasteiger partial charge in [0.05, 0.1) is 31.5 Å². The number of β-amino-alcohol motifs (C(OH)–C–C–N with tert-alkyl or cyclic N) is 1. The van der Waals surface area contributed by atoms with Crippen LogP contribution >= 0.6 is 27.5 Å². The number of hydrogen-bond donors (Lipinski definition) is 2. The third-order valence-corrected chi connectivity index (χ3v) is 4.07. The van der Waals surface area contributed by atoms with Crippen molar-refractivity contribution in [1.29, 1.82) is 0 Å². The number of anilines is 1. The van der Waals surface area contributed by atoms with Crippen LogP contribution in [-0.2, 0) is 14.3 Å². The summed E-state index contributed by atoms with van der Waals surface area (Å²) in [5.41, 5.74) is 0.902. The van der Waals surface area contributed by atoms with Gasteiger partial charge in [0.2, 0.25) is 0 Å². The van der Waals surface area contributed by atoms with Gasteiger partial charge in [-0.25, -0.2) is 4.79 Å². The molecule has 1 aromatic rings. The topological polar surface area (TPSA) is 78.9 Å². The predicted molar refractivity (Wildman–Crippen MR) is 85.5 cm³/mol. The van der Waals surface area contributed by atoms with Gasteiger partial charge >= 0.3 is 5.97 Å². The van der Waals surface area contributed by atoms with E-state index in [4.69, 9.17) is 21.4 Å². The van der Waals surface area contributed by atoms with Gasteiger partial charge in [0.1, 0.15) is 5.70 Å². The van der Waals surface area contributed by atoms with Crippen LogP contribution in [-0.4, -0.2) is 48.7 Å². The Balaban J connectivity index is 2.36. The van der Waals surface area contributed by atoms with Crippen molar-refractivity contribution in [3.8, 4) is 0 Å². The highest BCUT2D eigenvalue weighted by molar-refractivity contribution is 9.10. The Bertz CT molecular complexity index is 648. The molecule has 118 valence electrons. The van der Waals surface area contributed by atoms with Gasteiger partial charge in [0.25, 0.3) is 5.91 Å². The van der Waals surface area contributed by atoms with Crippen molar-refractivity contribution in [1.82, 2.24) is 4.90 Å². The Kier molecular flexibility index (Phi) is 5.44. The van der Waals surface area contributed by atoms with E-state index in [-0.39, 0.29) is 36.9 Å². The van der Waals surface area contributed by atoms with Gasteiger partial charge in [-0.1, -0.05) is 11.6 Å². The molecule has 0 atom stereocenters. The molecule has 0 spiro atoms. The van der Waals surface area contributed by atoms with E-state index in [1.807, 2.05) is 0 Å². The minimum Gasteiger partial charge on any atom is -0.466 e. The lowest BCUT2D eigenvalue weighted by atomic mass is 10.2. The molecule has 6 nitrogen and oxygen atoms in total. The fourth-order valence-corrected chi connectivity index (χ4v) is 2.59. The van der Waals surface area contributed by atoms with Crippen LogP contribution in [0.5, 0.6) is 0 Å². The predicted octanol–water partition coefficient (Wildman–Crippen LogP) is 1.78. The molecule has 0 radical (unpaired) electrons. The SMILES string of the molecule is COC(=O)C1=C(Nc2cc(Cl)ccc2Br)C(=O)N(CCO)C1. The standard InChI is InChI=1S/C14H14BrClN2O4/c1-22-14(21)9-7-18(4-5-19)13(20)12(9)17-11-6-8(16)2-3-10(11)15/h2-3,6,17,19H,4-5,7H2,1H3. The summed E-state index contributed by atoms with van der Waals surface area (Å²) in [4.78, 5) is 25.6. The number of aliphatic hydroxyl groups is 1. The maximum atomic E-state index is 12.4. The number of benzene rings is 1. The Labute approximate surface area is 140 Å². The second-order valence-electron chi connectivity index (χ2n) is 4.54. The van der Waals surface area contributed by atoms with E-state index in [9.17, 15) is 9.59 Å². The lowest BCUT2D eigenvalue weighted by molar-refractivity contribution is -0.136. The molecule has 0 bridgehead atoms. The van der Waals surface area contributed by atoms with Gasteiger partial charge < -0.3 is 20.1 Å². The number of esters is 1. The van der Waals surface area contributed by atoms with Crippen LogP contribution < -0.4 is 5.32 Å². The zero-order valence-corrected chi connectivity index (χ0v) is 14.1. The second-order valence-corrected chi connectivity index (χ2v) is 5.84. The monoisotopic (exact) mass is 388 g/mol. The van der Waals surface area contributed by atoms with Gasteiger partial charge in [0.15, 0.2) is 0 Å². The number of nitrogens with one attached hydrogen (secondary N) is 1. The average molecular weight is 390 g/mol. The summed E-state index contributed by atoms with van der Waals surface area (Å²) in [5.74, 6) is -0.962. The molecule has 0 fully saturated rings. The summed E-state index contributed by atoms with van der Waals surface area (Å²) in [6.07, 6.45) is 0. The summed E-state index contributed by atoms with van der Waals surface area (Å²) in [6, 6.07) is 5.06. The van der Waals surface area contributed by atoms with E-state index in [0.29, 0.717) is 15.2 Å². The lowest BCUT2D eigenvalue weighted by Crippen LogP contribution is -2.31. The Morgan fingerprint density at radius 2 is 2.27 bits per heavy atom. The molecule has 2 rings (SSSR count). The molecule has 0 saturated carbocycles. The van der Waals surface area contributed by atoms with Crippen LogP contribution in [0.4, 0.5) is 5.69 Å². The number of ether oxygens (including phenoxy) is 1. The minimum absolute atomic E-state index is 0.0899. The van der Waals surface area contributed by atoms with E-state index in [0.717, 1.165) is 0 Å². The molecular formula is C14H14BrClN2O4. The van der Waals surface area contributed by atoms with Crippen LogP contribution in [0, 0.1) is 0 Å². The Morgan fingerprint density at radius 1 is 1.55 bits per heavy atom. The molecule has 1 heterocycles. The number of rotatable bonds is 5. The molecule has 1 aliphatic heterocycles. The highest BCUT2D eigenvalue weighted by atomic mass is 79.9. The van der Waals surface area contributed by atoms with Crippen LogP contribution in [0.1, 0.15) is 0 Å². The fourth-order valence-electron chi connectivity index (χ4n) is 2.08. The zero-order chi connectivity index (χ0) is 16.3. The maximum Gasteiger partial charge on any atom is 0.337 e. The molecule has 0 saturated heterocycles. The molecule has 8 heteroatoms. The maximum absolute atomic E-state index is 12.4. The number of halogens is 2. The fraction of sp³-hybridized carbons (Fsp3) is 0.286. The first-order valence-corrected chi connectivity index (χ1v) is 7.58. The first-order valence-electron chi connectivity index (χ1n) is 6.41.